The van der Waals surface area contributed by atoms with Crippen LogP contribution in [0.5, 0.6) is 0 Å². The summed E-state index contributed by atoms with van der Waals surface area (Å²) in [6, 6.07) is -0.562. The van der Waals surface area contributed by atoms with Gasteiger partial charge < -0.3 is 20.7 Å². The lowest BCUT2D eigenvalue weighted by molar-refractivity contribution is -0.136. The molecule has 0 saturated carbocycles. The van der Waals surface area contributed by atoms with E-state index in [9.17, 15) is 14.4 Å². The van der Waals surface area contributed by atoms with Gasteiger partial charge in [-0.05, 0) is 33.6 Å². The monoisotopic (exact) mass is 347 g/mol. The van der Waals surface area contributed by atoms with Gasteiger partial charge in [-0.3, -0.25) is 9.59 Å². The Morgan fingerprint density at radius 1 is 1.29 bits per heavy atom. The molecule has 144 valence electrons. The molecule has 1 saturated heterocycles. The molecular weight excluding hydrogens is 310 g/mol. The molecule has 0 radical (unpaired) electrons. The van der Waals surface area contributed by atoms with Crippen molar-refractivity contribution in [1.29, 1.82) is 0 Å². The molecule has 3 N–H and O–H groups in total. The van der Waals surface area contributed by atoms with Crippen LogP contribution in [-0.4, -0.2) is 47.5 Å². The quantitative estimate of drug-likeness (QED) is 0.766. The molecule has 1 fully saturated rings. The van der Waals surface area contributed by atoms with Crippen molar-refractivity contribution in [2.75, 3.05) is 13.1 Å². The molecule has 1 heterocycles. The first-order valence-electron chi connectivity index (χ1n) is 8.18. The molecule has 0 aromatic carbocycles. The van der Waals surface area contributed by atoms with Gasteiger partial charge in [0.1, 0.15) is 18.2 Å². The van der Waals surface area contributed by atoms with E-state index in [4.69, 9.17) is 10.5 Å². The number of nitrogens with two attached hydrogens (primary N) is 1. The highest BCUT2D eigenvalue weighted by molar-refractivity contribution is 5.89. The fourth-order valence-electron chi connectivity index (χ4n) is 1.92. The number of nitrogens with one attached hydrogen (secondary N) is 1. The summed E-state index contributed by atoms with van der Waals surface area (Å²) in [5.41, 5.74) is 4.61. The first-order chi connectivity index (χ1) is 11.1. The van der Waals surface area contributed by atoms with Gasteiger partial charge in [0, 0.05) is 9.40 Å². The molecule has 0 spiro atoms. The number of likely N-dealkylation sites (tertiary alicyclic amines) is 1. The lowest BCUT2D eigenvalue weighted by Gasteiger charge is -2.23. The highest BCUT2D eigenvalue weighted by Crippen LogP contribution is 2.16. The average Bonchev–Trinajstić information content (AvgIpc) is 2.95. The average molecular weight is 348 g/mol. The van der Waals surface area contributed by atoms with Crippen molar-refractivity contribution in [2.24, 2.45) is 5.73 Å². The van der Waals surface area contributed by atoms with Crippen LogP contribution in [0.25, 0.3) is 0 Å². The Bertz CT molecular complexity index is 415. The molecule has 3 amide bonds. The Labute approximate surface area is 148 Å². The van der Waals surface area contributed by atoms with Crippen molar-refractivity contribution in [2.45, 2.75) is 65.5 Å². The molecule has 0 aromatic rings. The van der Waals surface area contributed by atoms with Crippen LogP contribution < -0.4 is 11.1 Å². The summed E-state index contributed by atoms with van der Waals surface area (Å²) >= 11 is 0. The van der Waals surface area contributed by atoms with Gasteiger partial charge in [-0.1, -0.05) is 20.3 Å². The highest BCUT2D eigenvalue weighted by atomic mass is 16.6. The molecule has 1 aliphatic heterocycles. The van der Waals surface area contributed by atoms with Crippen molar-refractivity contribution in [1.82, 2.24) is 10.2 Å². The van der Waals surface area contributed by atoms with Crippen molar-refractivity contribution < 1.29 is 22.0 Å². The standard InChI is InChI=1S/C12H21N3O4.C3H8.C2H4.2H2/c1-12(2,3)19-11(18)14-7-9(16)15-6-4-5-8(15)10(13)17;1-3-2;1-2;;/h8H,4-7H2,1-3H3,(H2,13,17)(H,14,18);3H2,1-2H3;1-2H2;2*1H. The second kappa shape index (κ2) is 12.4. The fourth-order valence-corrected chi connectivity index (χ4v) is 1.92. The van der Waals surface area contributed by atoms with Gasteiger partial charge in [0.05, 0.1) is 0 Å². The molecule has 1 rings (SSSR count). The molecule has 1 unspecified atom stereocenters. The van der Waals surface area contributed by atoms with Crippen LogP contribution in [0.2, 0.25) is 0 Å². The Morgan fingerprint density at radius 3 is 2.21 bits per heavy atom. The maximum Gasteiger partial charge on any atom is 0.408 e. The summed E-state index contributed by atoms with van der Waals surface area (Å²) in [7, 11) is 0. The summed E-state index contributed by atoms with van der Waals surface area (Å²) in [5, 5.41) is 2.37. The van der Waals surface area contributed by atoms with E-state index in [0.29, 0.717) is 13.0 Å². The SMILES string of the molecule is C=C.CC(C)(C)OC(=O)NCC(=O)N1CCCC1C(N)=O.CCC.[HH].[HH]. The summed E-state index contributed by atoms with van der Waals surface area (Å²) in [6.45, 7) is 15.7. The molecule has 7 heteroatoms. The Kier molecular flexibility index (Phi) is 12.5. The van der Waals surface area contributed by atoms with E-state index in [1.165, 1.54) is 11.3 Å². The number of amides is 3. The summed E-state index contributed by atoms with van der Waals surface area (Å²) in [6.07, 6.45) is 1.91. The number of hydrogen-bond donors (Lipinski definition) is 2. The van der Waals surface area contributed by atoms with E-state index in [-0.39, 0.29) is 15.3 Å². The smallest absolute Gasteiger partial charge is 0.408 e. The van der Waals surface area contributed by atoms with E-state index < -0.39 is 23.6 Å². The fraction of sp³-hybridized carbons (Fsp3) is 0.706. The largest absolute Gasteiger partial charge is 0.444 e. The van der Waals surface area contributed by atoms with E-state index >= 15 is 0 Å². The van der Waals surface area contributed by atoms with Crippen LogP contribution in [0.1, 0.15) is 56.7 Å². The Balaban J connectivity index is -0.000000313. The van der Waals surface area contributed by atoms with E-state index in [1.54, 1.807) is 20.8 Å². The normalized spacial score (nSPS) is 16.0. The highest BCUT2D eigenvalue weighted by Gasteiger charge is 2.32. The molecule has 0 aliphatic carbocycles. The van der Waals surface area contributed by atoms with Crippen LogP contribution >= 0.6 is 0 Å². The van der Waals surface area contributed by atoms with Crippen LogP contribution in [0.3, 0.4) is 0 Å². The Morgan fingerprint density at radius 2 is 1.79 bits per heavy atom. The number of carbonyl (C=O) groups is 3. The van der Waals surface area contributed by atoms with E-state index in [0.717, 1.165) is 6.42 Å². The number of ether oxygens (including phenoxy) is 1. The zero-order valence-corrected chi connectivity index (χ0v) is 15.7. The predicted octanol–water partition coefficient (Wildman–Crippen LogP) is 2.70. The third kappa shape index (κ3) is 10.6. The summed E-state index contributed by atoms with van der Waals surface area (Å²) in [4.78, 5) is 35.8. The third-order valence-corrected chi connectivity index (χ3v) is 2.68. The maximum atomic E-state index is 11.9. The van der Waals surface area contributed by atoms with E-state index in [2.05, 4.69) is 32.3 Å². The second-order valence-electron chi connectivity index (χ2n) is 6.21. The van der Waals surface area contributed by atoms with E-state index in [1.807, 2.05) is 0 Å². The Hall–Kier alpha value is -2.05. The first kappa shape index (κ1) is 24.2. The van der Waals surface area contributed by atoms with Crippen molar-refractivity contribution in [3.8, 4) is 0 Å². The van der Waals surface area contributed by atoms with Crippen LogP contribution in [0.4, 0.5) is 4.79 Å². The maximum absolute atomic E-state index is 11.9. The summed E-state index contributed by atoms with van der Waals surface area (Å²) in [5.74, 6) is -0.838. The lowest BCUT2D eigenvalue weighted by atomic mass is 10.2. The zero-order valence-electron chi connectivity index (χ0n) is 15.7. The minimum Gasteiger partial charge on any atom is -0.444 e. The van der Waals surface area contributed by atoms with Crippen molar-refractivity contribution in [3.05, 3.63) is 13.2 Å². The van der Waals surface area contributed by atoms with Gasteiger partial charge >= 0.3 is 6.09 Å². The number of nitrogens with zero attached hydrogens (tertiary/aromatic N) is 1. The first-order valence-corrected chi connectivity index (χ1v) is 8.18. The molecule has 1 aliphatic rings. The minimum atomic E-state index is -0.657. The van der Waals surface area contributed by atoms with Gasteiger partial charge in [-0.2, -0.15) is 0 Å². The van der Waals surface area contributed by atoms with Crippen LogP contribution in [0.15, 0.2) is 13.2 Å². The van der Waals surface area contributed by atoms with Crippen molar-refractivity contribution >= 4 is 17.9 Å². The number of hydrogen-bond acceptors (Lipinski definition) is 4. The molecule has 0 bridgehead atoms. The van der Waals surface area contributed by atoms with Gasteiger partial charge in [-0.15, -0.1) is 13.2 Å². The van der Waals surface area contributed by atoms with Crippen LogP contribution in [-0.2, 0) is 14.3 Å². The summed E-state index contributed by atoms with van der Waals surface area (Å²) < 4.78 is 5.01. The zero-order chi connectivity index (χ0) is 19.3. The number of carbonyl (C=O) groups excluding carboxylic acids is 3. The minimum absolute atomic E-state index is 0. The van der Waals surface area contributed by atoms with Crippen molar-refractivity contribution in [3.63, 3.8) is 0 Å². The van der Waals surface area contributed by atoms with Gasteiger partial charge in [0.25, 0.3) is 0 Å². The lowest BCUT2D eigenvalue weighted by Crippen LogP contribution is -2.48. The molecule has 1 atom stereocenters. The molecule has 7 nitrogen and oxygen atoms in total. The third-order valence-electron chi connectivity index (χ3n) is 2.68. The molecular formula is C17H37N3O4. The van der Waals surface area contributed by atoms with Gasteiger partial charge in [0.2, 0.25) is 11.8 Å². The second-order valence-corrected chi connectivity index (χ2v) is 6.21. The number of alkyl carbamates (subject to hydrolysis) is 1. The number of rotatable bonds is 3. The van der Waals surface area contributed by atoms with Gasteiger partial charge in [0.15, 0.2) is 0 Å². The van der Waals surface area contributed by atoms with Gasteiger partial charge in [-0.25, -0.2) is 4.79 Å². The number of primary amides is 1. The molecule has 24 heavy (non-hydrogen) atoms. The predicted molar refractivity (Wildman–Crippen MR) is 99.6 cm³/mol. The topological polar surface area (TPSA) is 102 Å². The van der Waals surface area contributed by atoms with Crippen LogP contribution in [0, 0.1) is 0 Å². The molecule has 0 aromatic heterocycles.